The molecule has 1 aromatic carbocycles. The van der Waals surface area contributed by atoms with Crippen molar-refractivity contribution < 1.29 is 27.4 Å². The molecule has 0 aliphatic carbocycles. The summed E-state index contributed by atoms with van der Waals surface area (Å²) >= 11 is 0. The average molecular weight is 377 g/mol. The van der Waals surface area contributed by atoms with Crippen molar-refractivity contribution in [2.24, 2.45) is 4.99 Å². The van der Waals surface area contributed by atoms with Gasteiger partial charge in [-0.25, -0.2) is 0 Å². The summed E-state index contributed by atoms with van der Waals surface area (Å²) in [6.07, 6.45) is -3.65. The zero-order valence-electron chi connectivity index (χ0n) is 15.1. The number of nitrogens with one attached hydrogen (secondary N) is 2. The molecule has 2 N–H and O–H groups in total. The highest BCUT2D eigenvalue weighted by Gasteiger charge is 2.33. The van der Waals surface area contributed by atoms with E-state index in [1.54, 1.807) is 14.2 Å². The zero-order valence-corrected chi connectivity index (χ0v) is 15.1. The number of halogens is 3. The average Bonchev–Trinajstić information content (AvgIpc) is 2.62. The normalized spacial score (nSPS) is 12.1. The number of alkyl halides is 3. The minimum atomic E-state index is -4.44. The fraction of sp³-hybridized carbons (Fsp3) is 0.588. The largest absolute Gasteiger partial charge is 0.491 e. The predicted molar refractivity (Wildman–Crippen MR) is 93.6 cm³/mol. The number of hydrogen-bond acceptors (Lipinski definition) is 4. The van der Waals surface area contributed by atoms with Crippen LogP contribution in [0.25, 0.3) is 0 Å². The van der Waals surface area contributed by atoms with Crippen LogP contribution in [0.3, 0.4) is 0 Å². The van der Waals surface area contributed by atoms with Crippen LogP contribution in [-0.2, 0) is 15.7 Å². The molecule has 0 radical (unpaired) electrons. The molecular weight excluding hydrogens is 351 g/mol. The molecule has 1 rings (SSSR count). The Kier molecular flexibility index (Phi) is 10.5. The lowest BCUT2D eigenvalue weighted by molar-refractivity contribution is -0.138. The van der Waals surface area contributed by atoms with Gasteiger partial charge < -0.3 is 24.8 Å². The summed E-state index contributed by atoms with van der Waals surface area (Å²) in [5, 5.41) is 6.07. The second-order valence-corrected chi connectivity index (χ2v) is 5.23. The quantitative estimate of drug-likeness (QED) is 0.352. The first-order chi connectivity index (χ1) is 12.5. The van der Waals surface area contributed by atoms with Crippen molar-refractivity contribution >= 4 is 5.96 Å². The SMILES string of the molecule is CN=C(NCCCOCCOC)NCCOc1ccccc1C(F)(F)F. The van der Waals surface area contributed by atoms with Gasteiger partial charge in [-0.15, -0.1) is 0 Å². The molecule has 0 spiro atoms. The van der Waals surface area contributed by atoms with Gasteiger partial charge in [0.1, 0.15) is 12.4 Å². The third-order valence-electron chi connectivity index (χ3n) is 3.26. The summed E-state index contributed by atoms with van der Waals surface area (Å²) in [4.78, 5) is 4.03. The summed E-state index contributed by atoms with van der Waals surface area (Å²) in [7, 11) is 3.23. The highest BCUT2D eigenvalue weighted by atomic mass is 19.4. The molecule has 6 nitrogen and oxygen atoms in total. The third kappa shape index (κ3) is 8.91. The molecule has 0 heterocycles. The molecule has 0 saturated carbocycles. The zero-order chi connectivity index (χ0) is 19.3. The van der Waals surface area contributed by atoms with Crippen molar-refractivity contribution in [2.75, 3.05) is 53.7 Å². The van der Waals surface area contributed by atoms with E-state index in [0.29, 0.717) is 38.9 Å². The topological polar surface area (TPSA) is 64.1 Å². The van der Waals surface area contributed by atoms with Gasteiger partial charge in [-0.3, -0.25) is 4.99 Å². The molecule has 0 aromatic heterocycles. The van der Waals surface area contributed by atoms with E-state index in [2.05, 4.69) is 15.6 Å². The molecule has 148 valence electrons. The van der Waals surface area contributed by atoms with E-state index in [1.165, 1.54) is 18.2 Å². The summed E-state index contributed by atoms with van der Waals surface area (Å²) < 4.78 is 54.1. The molecule has 0 bridgehead atoms. The van der Waals surface area contributed by atoms with E-state index in [9.17, 15) is 13.2 Å². The summed E-state index contributed by atoms with van der Waals surface area (Å²) in [6, 6.07) is 5.14. The van der Waals surface area contributed by atoms with Gasteiger partial charge in [-0.2, -0.15) is 13.2 Å². The maximum absolute atomic E-state index is 12.9. The van der Waals surface area contributed by atoms with Gasteiger partial charge in [-0.05, 0) is 18.6 Å². The Morgan fingerprint density at radius 1 is 1.04 bits per heavy atom. The maximum atomic E-state index is 12.9. The van der Waals surface area contributed by atoms with E-state index < -0.39 is 11.7 Å². The number of hydrogen-bond donors (Lipinski definition) is 2. The number of aliphatic imine (C=N–C) groups is 1. The maximum Gasteiger partial charge on any atom is 0.419 e. The number of methoxy groups -OCH3 is 1. The molecule has 26 heavy (non-hydrogen) atoms. The molecular formula is C17H26F3N3O3. The van der Waals surface area contributed by atoms with E-state index in [4.69, 9.17) is 14.2 Å². The van der Waals surface area contributed by atoms with Gasteiger partial charge >= 0.3 is 6.18 Å². The van der Waals surface area contributed by atoms with Crippen LogP contribution >= 0.6 is 0 Å². The first kappa shape index (κ1) is 22.0. The molecule has 0 atom stereocenters. The number of para-hydroxylation sites is 1. The Morgan fingerprint density at radius 2 is 1.77 bits per heavy atom. The van der Waals surface area contributed by atoms with Crippen LogP contribution in [0.1, 0.15) is 12.0 Å². The Bertz CT molecular complexity index is 539. The number of nitrogens with zero attached hydrogens (tertiary/aromatic N) is 1. The van der Waals surface area contributed by atoms with Crippen molar-refractivity contribution in [1.82, 2.24) is 10.6 Å². The minimum absolute atomic E-state index is 0.0773. The predicted octanol–water partition coefficient (Wildman–Crippen LogP) is 2.30. The van der Waals surface area contributed by atoms with Crippen LogP contribution in [0.15, 0.2) is 29.3 Å². The van der Waals surface area contributed by atoms with Gasteiger partial charge in [0.05, 0.1) is 25.3 Å². The Morgan fingerprint density at radius 3 is 2.46 bits per heavy atom. The molecule has 9 heteroatoms. The van der Waals surface area contributed by atoms with Crippen molar-refractivity contribution in [3.63, 3.8) is 0 Å². The second kappa shape index (κ2) is 12.4. The molecule has 0 aliphatic heterocycles. The van der Waals surface area contributed by atoms with E-state index in [1.807, 2.05) is 0 Å². The summed E-state index contributed by atoms with van der Waals surface area (Å²) in [6.45, 7) is 2.77. The van der Waals surface area contributed by atoms with Gasteiger partial charge in [-0.1, -0.05) is 12.1 Å². The smallest absolute Gasteiger partial charge is 0.419 e. The Labute approximate surface area is 151 Å². The fourth-order valence-corrected chi connectivity index (χ4v) is 2.00. The molecule has 0 unspecified atom stereocenters. The molecule has 0 fully saturated rings. The van der Waals surface area contributed by atoms with E-state index >= 15 is 0 Å². The molecule has 1 aromatic rings. The van der Waals surface area contributed by atoms with Crippen molar-refractivity contribution in [3.05, 3.63) is 29.8 Å². The van der Waals surface area contributed by atoms with Crippen LogP contribution in [0.4, 0.5) is 13.2 Å². The van der Waals surface area contributed by atoms with Gasteiger partial charge in [0.25, 0.3) is 0 Å². The van der Waals surface area contributed by atoms with Gasteiger partial charge in [0, 0.05) is 27.3 Å². The van der Waals surface area contributed by atoms with Crippen LogP contribution in [0, 0.1) is 0 Å². The molecule has 0 aliphatic rings. The lowest BCUT2D eigenvalue weighted by atomic mass is 10.2. The second-order valence-electron chi connectivity index (χ2n) is 5.23. The summed E-state index contributed by atoms with van der Waals surface area (Å²) in [5.41, 5.74) is -0.781. The van der Waals surface area contributed by atoms with Crippen molar-refractivity contribution in [3.8, 4) is 5.75 Å². The van der Waals surface area contributed by atoms with Crippen molar-refractivity contribution in [2.45, 2.75) is 12.6 Å². The van der Waals surface area contributed by atoms with E-state index in [0.717, 1.165) is 12.5 Å². The fourth-order valence-electron chi connectivity index (χ4n) is 2.00. The standard InChI is InChI=1S/C17H26F3N3O3/c1-21-16(22-8-5-10-25-13-12-24-2)23-9-11-26-15-7-4-3-6-14(15)17(18,19)20/h3-4,6-7H,5,8-13H2,1-2H3,(H2,21,22,23). The molecule has 0 saturated heterocycles. The molecule has 0 amide bonds. The van der Waals surface area contributed by atoms with Crippen LogP contribution in [-0.4, -0.2) is 59.6 Å². The van der Waals surface area contributed by atoms with Crippen LogP contribution in [0.2, 0.25) is 0 Å². The first-order valence-corrected chi connectivity index (χ1v) is 8.29. The highest BCUT2D eigenvalue weighted by Crippen LogP contribution is 2.35. The number of rotatable bonds is 11. The van der Waals surface area contributed by atoms with Crippen molar-refractivity contribution in [1.29, 1.82) is 0 Å². The van der Waals surface area contributed by atoms with E-state index in [-0.39, 0.29) is 12.4 Å². The van der Waals surface area contributed by atoms with Gasteiger partial charge in [0.15, 0.2) is 5.96 Å². The number of guanidine groups is 1. The monoisotopic (exact) mass is 377 g/mol. The third-order valence-corrected chi connectivity index (χ3v) is 3.26. The highest BCUT2D eigenvalue weighted by molar-refractivity contribution is 5.79. The Balaban J connectivity index is 2.24. The van der Waals surface area contributed by atoms with Crippen LogP contribution < -0.4 is 15.4 Å². The lowest BCUT2D eigenvalue weighted by Gasteiger charge is -2.15. The number of ether oxygens (including phenoxy) is 3. The lowest BCUT2D eigenvalue weighted by Crippen LogP contribution is -2.40. The van der Waals surface area contributed by atoms with Gasteiger partial charge in [0.2, 0.25) is 0 Å². The number of benzene rings is 1. The van der Waals surface area contributed by atoms with Crippen LogP contribution in [0.5, 0.6) is 5.75 Å². The Hall–Kier alpha value is -2.00. The summed E-state index contributed by atoms with van der Waals surface area (Å²) in [5.74, 6) is 0.368. The first-order valence-electron chi connectivity index (χ1n) is 8.29. The minimum Gasteiger partial charge on any atom is -0.491 e.